The summed E-state index contributed by atoms with van der Waals surface area (Å²) < 4.78 is 0. The van der Waals surface area contributed by atoms with E-state index in [1.54, 1.807) is 72.7 Å². The molecule has 2 aromatic carbocycles. The van der Waals surface area contributed by atoms with Crippen LogP contribution in [0.1, 0.15) is 18.0 Å². The van der Waals surface area contributed by atoms with E-state index in [1.807, 2.05) is 18.2 Å². The van der Waals surface area contributed by atoms with Crippen molar-refractivity contribution in [2.45, 2.75) is 18.4 Å². The van der Waals surface area contributed by atoms with Crippen LogP contribution in [0, 0.1) is 11.8 Å². The number of para-hydroxylation sites is 2. The molecule has 0 aliphatic carbocycles. The topological polar surface area (TPSA) is 90.9 Å². The number of likely N-dealkylation sites (N-methyl/N-ethyl adjacent to an activating group) is 1. The average molecular weight is 466 g/mol. The molecular formula is C27H22N4O4. The van der Waals surface area contributed by atoms with Crippen molar-refractivity contribution in [1.82, 2.24) is 4.98 Å². The van der Waals surface area contributed by atoms with Gasteiger partial charge in [0.25, 0.3) is 5.91 Å². The average Bonchev–Trinajstić information content (AvgIpc) is 3.32. The number of amides is 4. The van der Waals surface area contributed by atoms with Gasteiger partial charge >= 0.3 is 0 Å². The van der Waals surface area contributed by atoms with Gasteiger partial charge in [0.05, 0.1) is 34.6 Å². The van der Waals surface area contributed by atoms with E-state index in [0.717, 1.165) is 0 Å². The Morgan fingerprint density at radius 2 is 1.34 bits per heavy atom. The van der Waals surface area contributed by atoms with Crippen LogP contribution in [-0.4, -0.2) is 41.7 Å². The Balaban J connectivity index is 1.47. The van der Waals surface area contributed by atoms with E-state index >= 15 is 0 Å². The summed E-state index contributed by atoms with van der Waals surface area (Å²) in [6.07, 6.45) is 1.57. The number of pyridine rings is 1. The van der Waals surface area contributed by atoms with Crippen LogP contribution in [0.2, 0.25) is 0 Å². The second kappa shape index (κ2) is 7.87. The minimum atomic E-state index is -0.840. The molecule has 0 spiro atoms. The molecule has 3 aromatic rings. The molecule has 1 unspecified atom stereocenters. The normalized spacial score (nSPS) is 25.8. The number of imide groups is 2. The number of anilines is 3. The van der Waals surface area contributed by atoms with Gasteiger partial charge in [0.1, 0.15) is 6.04 Å². The molecule has 3 aliphatic heterocycles. The number of benzene rings is 2. The molecular weight excluding hydrogens is 444 g/mol. The summed E-state index contributed by atoms with van der Waals surface area (Å²) in [6.45, 7) is 0. The Morgan fingerprint density at radius 1 is 0.714 bits per heavy atom. The zero-order valence-electron chi connectivity index (χ0n) is 18.9. The third kappa shape index (κ3) is 3.02. The lowest BCUT2D eigenvalue weighted by Gasteiger charge is -2.40. The molecule has 1 aromatic heterocycles. The molecule has 6 rings (SSSR count). The van der Waals surface area contributed by atoms with Crippen LogP contribution in [0.25, 0.3) is 0 Å². The molecule has 0 radical (unpaired) electrons. The molecule has 2 saturated heterocycles. The van der Waals surface area contributed by atoms with Crippen LogP contribution in [0.15, 0.2) is 79.0 Å². The second-order valence-corrected chi connectivity index (χ2v) is 9.08. The zero-order valence-corrected chi connectivity index (χ0v) is 18.9. The number of carbonyl (C=O) groups excluding carboxylic acids is 4. The predicted molar refractivity (Wildman–Crippen MR) is 129 cm³/mol. The first kappa shape index (κ1) is 21.2. The fourth-order valence-corrected chi connectivity index (χ4v) is 5.78. The van der Waals surface area contributed by atoms with Crippen molar-refractivity contribution in [1.29, 1.82) is 0 Å². The van der Waals surface area contributed by atoms with E-state index in [1.165, 1.54) is 9.80 Å². The molecule has 4 amide bonds. The summed E-state index contributed by atoms with van der Waals surface area (Å²) in [4.78, 5) is 63.0. The minimum absolute atomic E-state index is 0.0475. The number of hydrogen-bond acceptors (Lipinski definition) is 6. The molecule has 4 atom stereocenters. The highest BCUT2D eigenvalue weighted by Gasteiger charge is 2.61. The van der Waals surface area contributed by atoms with Crippen molar-refractivity contribution < 1.29 is 19.2 Å². The molecule has 0 saturated carbocycles. The van der Waals surface area contributed by atoms with Crippen LogP contribution in [0.3, 0.4) is 0 Å². The minimum Gasteiger partial charge on any atom is -0.360 e. The largest absolute Gasteiger partial charge is 0.360 e. The third-order valence-corrected chi connectivity index (χ3v) is 7.28. The van der Waals surface area contributed by atoms with Crippen molar-refractivity contribution in [3.05, 3.63) is 84.7 Å². The molecule has 2 fully saturated rings. The highest BCUT2D eigenvalue weighted by atomic mass is 16.2. The Labute approximate surface area is 201 Å². The summed E-state index contributed by atoms with van der Waals surface area (Å²) in [7, 11) is 1.77. The fourth-order valence-electron chi connectivity index (χ4n) is 5.78. The fraction of sp³-hybridized carbons (Fsp3) is 0.222. The van der Waals surface area contributed by atoms with E-state index in [4.69, 9.17) is 0 Å². The maximum Gasteiger partial charge on any atom is 0.257 e. The van der Waals surface area contributed by atoms with Gasteiger partial charge in [-0.2, -0.15) is 0 Å². The zero-order chi connectivity index (χ0) is 24.3. The van der Waals surface area contributed by atoms with Gasteiger partial charge in [0, 0.05) is 25.6 Å². The third-order valence-electron chi connectivity index (χ3n) is 7.28. The van der Waals surface area contributed by atoms with Gasteiger partial charge in [-0.15, -0.1) is 0 Å². The van der Waals surface area contributed by atoms with Crippen LogP contribution in [0.4, 0.5) is 17.1 Å². The number of carbonyl (C=O) groups is 4. The number of rotatable bonds is 3. The van der Waals surface area contributed by atoms with Gasteiger partial charge in [0.15, 0.2) is 0 Å². The van der Waals surface area contributed by atoms with Crippen molar-refractivity contribution in [2.24, 2.45) is 11.8 Å². The Bertz CT molecular complexity index is 1360. The first-order chi connectivity index (χ1) is 17.0. The van der Waals surface area contributed by atoms with Crippen LogP contribution < -0.4 is 14.7 Å². The van der Waals surface area contributed by atoms with Crippen molar-refractivity contribution in [3.8, 4) is 0 Å². The van der Waals surface area contributed by atoms with Gasteiger partial charge in [-0.25, -0.2) is 4.90 Å². The van der Waals surface area contributed by atoms with Gasteiger partial charge < -0.3 is 4.90 Å². The van der Waals surface area contributed by atoms with Gasteiger partial charge in [-0.1, -0.05) is 36.4 Å². The lowest BCUT2D eigenvalue weighted by Crippen LogP contribution is -2.50. The highest BCUT2D eigenvalue weighted by Crippen LogP contribution is 2.51. The Kier molecular flexibility index (Phi) is 4.77. The summed E-state index contributed by atoms with van der Waals surface area (Å²) in [5, 5.41) is 0. The molecule has 4 heterocycles. The van der Waals surface area contributed by atoms with Crippen LogP contribution in [0.5, 0.6) is 0 Å². The van der Waals surface area contributed by atoms with Gasteiger partial charge in [-0.3, -0.25) is 29.1 Å². The number of nitrogens with zero attached hydrogens (tertiary/aromatic N) is 4. The van der Waals surface area contributed by atoms with Gasteiger partial charge in [-0.05, 0) is 36.4 Å². The Hall–Kier alpha value is -4.33. The lowest BCUT2D eigenvalue weighted by molar-refractivity contribution is -0.124. The van der Waals surface area contributed by atoms with E-state index < -0.39 is 23.8 Å². The second-order valence-electron chi connectivity index (χ2n) is 9.08. The maximum absolute atomic E-state index is 13.9. The monoisotopic (exact) mass is 466 g/mol. The standard InChI is InChI=1S/C27H22N4O4/c1-29-19-13-8-14-28-23(19)21(18-15-20(32)30(25(18)33)16-9-4-2-5-10-16)22-24(29)27(35)31(26(22)34)17-11-6-3-7-12-17/h2-14,18,21-22,24H,15H2,1H3/t18?,21-,22+,24-/m0/s1. The molecule has 0 bridgehead atoms. The van der Waals surface area contributed by atoms with Gasteiger partial charge in [0.2, 0.25) is 17.7 Å². The quantitative estimate of drug-likeness (QED) is 0.552. The van der Waals surface area contributed by atoms with Crippen molar-refractivity contribution in [2.75, 3.05) is 21.7 Å². The van der Waals surface area contributed by atoms with E-state index in [-0.39, 0.29) is 30.0 Å². The summed E-state index contributed by atoms with van der Waals surface area (Å²) in [5.74, 6) is -3.76. The predicted octanol–water partition coefficient (Wildman–Crippen LogP) is 2.75. The first-order valence-corrected chi connectivity index (χ1v) is 11.5. The maximum atomic E-state index is 13.9. The molecule has 8 heteroatoms. The first-order valence-electron chi connectivity index (χ1n) is 11.5. The number of fused-ring (bicyclic) bond motifs is 2. The van der Waals surface area contributed by atoms with Crippen molar-refractivity contribution >= 4 is 40.7 Å². The SMILES string of the molecule is CN1c2cccnc2[C@@H](C2CC(=O)N(c3ccccc3)C2=O)[C@H]2C(=O)N(c3ccccc3)C(=O)[C@H]21. The molecule has 35 heavy (non-hydrogen) atoms. The molecule has 8 nitrogen and oxygen atoms in total. The van der Waals surface area contributed by atoms with E-state index in [2.05, 4.69) is 4.98 Å². The molecule has 3 aliphatic rings. The summed E-state index contributed by atoms with van der Waals surface area (Å²) in [6, 6.07) is 20.4. The summed E-state index contributed by atoms with van der Waals surface area (Å²) in [5.41, 5.74) is 2.23. The summed E-state index contributed by atoms with van der Waals surface area (Å²) >= 11 is 0. The van der Waals surface area contributed by atoms with Crippen molar-refractivity contribution in [3.63, 3.8) is 0 Å². The van der Waals surface area contributed by atoms with E-state index in [0.29, 0.717) is 22.8 Å². The number of aromatic nitrogens is 1. The lowest BCUT2D eigenvalue weighted by atomic mass is 9.72. The smallest absolute Gasteiger partial charge is 0.257 e. The Morgan fingerprint density at radius 3 is 2.00 bits per heavy atom. The van der Waals surface area contributed by atoms with E-state index in [9.17, 15) is 19.2 Å². The van der Waals surface area contributed by atoms with Crippen LogP contribution >= 0.6 is 0 Å². The molecule has 174 valence electrons. The van der Waals surface area contributed by atoms with Crippen LogP contribution in [-0.2, 0) is 19.2 Å². The highest BCUT2D eigenvalue weighted by molar-refractivity contribution is 6.26. The molecule has 0 N–H and O–H groups in total. The number of hydrogen-bond donors (Lipinski definition) is 0.